The van der Waals surface area contributed by atoms with Crippen LogP contribution in [0.15, 0.2) is 24.3 Å². The first kappa shape index (κ1) is 18.7. The van der Waals surface area contributed by atoms with Crippen molar-refractivity contribution in [3.05, 3.63) is 29.8 Å². The zero-order chi connectivity index (χ0) is 15.2. The molecule has 2 unspecified atom stereocenters. The minimum absolute atomic E-state index is 0. The van der Waals surface area contributed by atoms with Gasteiger partial charge >= 0.3 is 0 Å². The summed E-state index contributed by atoms with van der Waals surface area (Å²) in [7, 11) is 1.62. The van der Waals surface area contributed by atoms with Crippen LogP contribution in [-0.4, -0.2) is 25.2 Å². The van der Waals surface area contributed by atoms with Gasteiger partial charge in [0.2, 0.25) is 5.91 Å². The van der Waals surface area contributed by atoms with E-state index in [4.69, 9.17) is 20.9 Å². The molecule has 0 heterocycles. The third-order valence-electron chi connectivity index (χ3n) is 4.09. The summed E-state index contributed by atoms with van der Waals surface area (Å²) in [6, 6.07) is 7.17. The van der Waals surface area contributed by atoms with E-state index in [1.54, 1.807) is 7.11 Å². The maximum Gasteiger partial charge on any atom is 0.248 e. The van der Waals surface area contributed by atoms with Crippen molar-refractivity contribution >= 4 is 18.3 Å². The Hall–Kier alpha value is -1.30. The molecule has 1 amide bonds. The molecule has 0 spiro atoms. The van der Waals surface area contributed by atoms with Crippen molar-refractivity contribution in [2.75, 3.05) is 7.11 Å². The van der Waals surface area contributed by atoms with Gasteiger partial charge in [0.15, 0.2) is 6.10 Å². The molecule has 4 N–H and O–H groups in total. The Balaban J connectivity index is 0.00000242. The lowest BCUT2D eigenvalue weighted by Crippen LogP contribution is -2.47. The third-order valence-corrected chi connectivity index (χ3v) is 4.09. The minimum atomic E-state index is -0.729. The third kappa shape index (κ3) is 5.16. The molecule has 2 rings (SSSR count). The van der Waals surface area contributed by atoms with Crippen molar-refractivity contribution in [3.63, 3.8) is 0 Å². The Morgan fingerprint density at radius 2 is 1.95 bits per heavy atom. The number of carbonyl (C=O) groups is 1. The number of primary amides is 1. The molecular weight excluding hydrogens is 304 g/mol. The van der Waals surface area contributed by atoms with Gasteiger partial charge in [0.25, 0.3) is 0 Å². The van der Waals surface area contributed by atoms with Gasteiger partial charge in [-0.25, -0.2) is 0 Å². The number of nitrogens with two attached hydrogens (primary N) is 2. The first-order chi connectivity index (χ1) is 10.1. The molecule has 1 fully saturated rings. The van der Waals surface area contributed by atoms with Crippen LogP contribution >= 0.6 is 12.4 Å². The molecule has 124 valence electrons. The standard InChI is InChI=1S/C16H24N2O3.ClH/c1-20-13-7-5-12(6-8-13)10-21-15(16(18)19)14(17)9-11-3-2-4-11;/h5-8,11,14-15H,2-4,9-10,17H2,1H3,(H2,18,19);1H. The lowest BCUT2D eigenvalue weighted by atomic mass is 9.80. The first-order valence-corrected chi connectivity index (χ1v) is 7.39. The molecule has 6 heteroatoms. The second-order valence-corrected chi connectivity index (χ2v) is 5.68. The van der Waals surface area contributed by atoms with Gasteiger partial charge in [0, 0.05) is 6.04 Å². The summed E-state index contributed by atoms with van der Waals surface area (Å²) in [6.07, 6.45) is 3.71. The zero-order valence-corrected chi connectivity index (χ0v) is 13.7. The summed E-state index contributed by atoms with van der Waals surface area (Å²) in [6.45, 7) is 0.315. The average Bonchev–Trinajstić information content (AvgIpc) is 2.43. The largest absolute Gasteiger partial charge is 0.497 e. The van der Waals surface area contributed by atoms with Crippen LogP contribution in [0.1, 0.15) is 31.2 Å². The van der Waals surface area contributed by atoms with E-state index >= 15 is 0 Å². The Morgan fingerprint density at radius 1 is 1.32 bits per heavy atom. The fraction of sp³-hybridized carbons (Fsp3) is 0.562. The molecule has 2 atom stereocenters. The van der Waals surface area contributed by atoms with E-state index in [2.05, 4.69) is 0 Å². The van der Waals surface area contributed by atoms with Crippen LogP contribution in [0.2, 0.25) is 0 Å². The van der Waals surface area contributed by atoms with Gasteiger partial charge in [-0.05, 0) is 30.0 Å². The van der Waals surface area contributed by atoms with Crippen molar-refractivity contribution in [1.82, 2.24) is 0 Å². The Kier molecular flexibility index (Phi) is 7.65. The predicted octanol–water partition coefficient (Wildman–Crippen LogP) is 2.00. The number of hydrogen-bond donors (Lipinski definition) is 2. The van der Waals surface area contributed by atoms with Gasteiger partial charge < -0.3 is 20.9 Å². The number of amides is 1. The molecule has 1 aromatic rings. The summed E-state index contributed by atoms with van der Waals surface area (Å²) >= 11 is 0. The van der Waals surface area contributed by atoms with Crippen LogP contribution in [0, 0.1) is 5.92 Å². The molecule has 1 aliphatic rings. The SMILES string of the molecule is COc1ccc(COC(C(N)=O)C(N)CC2CCC2)cc1.Cl. The Bertz CT molecular complexity index is 463. The molecule has 0 aliphatic heterocycles. The van der Waals surface area contributed by atoms with Gasteiger partial charge in [-0.3, -0.25) is 4.79 Å². The number of halogens is 1. The minimum Gasteiger partial charge on any atom is -0.497 e. The summed E-state index contributed by atoms with van der Waals surface area (Å²) in [4.78, 5) is 11.5. The quantitative estimate of drug-likeness (QED) is 0.764. The Labute approximate surface area is 137 Å². The van der Waals surface area contributed by atoms with E-state index in [-0.39, 0.29) is 18.4 Å². The highest BCUT2D eigenvalue weighted by molar-refractivity contribution is 5.85. The molecule has 0 radical (unpaired) electrons. The second-order valence-electron chi connectivity index (χ2n) is 5.68. The first-order valence-electron chi connectivity index (χ1n) is 7.39. The van der Waals surface area contributed by atoms with E-state index in [0.29, 0.717) is 12.5 Å². The van der Waals surface area contributed by atoms with Crippen LogP contribution in [0.4, 0.5) is 0 Å². The summed E-state index contributed by atoms with van der Waals surface area (Å²) in [5.41, 5.74) is 12.5. The molecule has 0 bridgehead atoms. The van der Waals surface area contributed by atoms with Crippen LogP contribution in [0.25, 0.3) is 0 Å². The fourth-order valence-electron chi connectivity index (χ4n) is 2.56. The molecule has 22 heavy (non-hydrogen) atoms. The van der Waals surface area contributed by atoms with Gasteiger partial charge in [0.1, 0.15) is 5.75 Å². The van der Waals surface area contributed by atoms with Crippen molar-refractivity contribution in [2.24, 2.45) is 17.4 Å². The number of hydrogen-bond acceptors (Lipinski definition) is 4. The Morgan fingerprint density at radius 3 is 2.41 bits per heavy atom. The topological polar surface area (TPSA) is 87.6 Å². The number of carbonyl (C=O) groups excluding carboxylic acids is 1. The maximum absolute atomic E-state index is 11.5. The lowest BCUT2D eigenvalue weighted by Gasteiger charge is -2.30. The smallest absolute Gasteiger partial charge is 0.248 e. The molecule has 5 nitrogen and oxygen atoms in total. The average molecular weight is 329 g/mol. The van der Waals surface area contributed by atoms with Crippen molar-refractivity contribution < 1.29 is 14.3 Å². The predicted molar refractivity (Wildman–Crippen MR) is 87.9 cm³/mol. The van der Waals surface area contributed by atoms with Crippen molar-refractivity contribution in [3.8, 4) is 5.75 Å². The number of benzene rings is 1. The number of ether oxygens (including phenoxy) is 2. The van der Waals surface area contributed by atoms with Crippen LogP contribution in [-0.2, 0) is 16.1 Å². The highest BCUT2D eigenvalue weighted by atomic mass is 35.5. The van der Waals surface area contributed by atoms with Gasteiger partial charge in [-0.1, -0.05) is 31.4 Å². The van der Waals surface area contributed by atoms with E-state index in [0.717, 1.165) is 17.7 Å². The zero-order valence-electron chi connectivity index (χ0n) is 12.9. The summed E-state index contributed by atoms with van der Waals surface area (Å²) in [5.74, 6) is 0.911. The highest BCUT2D eigenvalue weighted by Gasteiger charge is 2.29. The fourth-order valence-corrected chi connectivity index (χ4v) is 2.56. The normalized spacial score (nSPS) is 17.0. The monoisotopic (exact) mass is 328 g/mol. The molecule has 1 aromatic carbocycles. The highest BCUT2D eigenvalue weighted by Crippen LogP contribution is 2.31. The second kappa shape index (κ2) is 8.98. The van der Waals surface area contributed by atoms with Gasteiger partial charge in [-0.2, -0.15) is 0 Å². The van der Waals surface area contributed by atoms with E-state index in [1.165, 1.54) is 19.3 Å². The van der Waals surface area contributed by atoms with Crippen LogP contribution in [0.3, 0.4) is 0 Å². The molecule has 0 aromatic heterocycles. The van der Waals surface area contributed by atoms with E-state index < -0.39 is 12.0 Å². The number of methoxy groups -OCH3 is 1. The van der Waals surface area contributed by atoms with E-state index in [9.17, 15) is 4.79 Å². The molecular formula is C16H25ClN2O3. The maximum atomic E-state index is 11.5. The van der Waals surface area contributed by atoms with Crippen LogP contribution in [0.5, 0.6) is 5.75 Å². The van der Waals surface area contributed by atoms with Crippen molar-refractivity contribution in [1.29, 1.82) is 0 Å². The summed E-state index contributed by atoms with van der Waals surface area (Å²) in [5, 5.41) is 0. The lowest BCUT2D eigenvalue weighted by molar-refractivity contribution is -0.132. The van der Waals surface area contributed by atoms with Gasteiger partial charge in [0.05, 0.1) is 13.7 Å². The van der Waals surface area contributed by atoms with E-state index in [1.807, 2.05) is 24.3 Å². The molecule has 1 saturated carbocycles. The van der Waals surface area contributed by atoms with Crippen LogP contribution < -0.4 is 16.2 Å². The van der Waals surface area contributed by atoms with Gasteiger partial charge in [-0.15, -0.1) is 12.4 Å². The summed E-state index contributed by atoms with van der Waals surface area (Å²) < 4.78 is 10.8. The van der Waals surface area contributed by atoms with Crippen molar-refractivity contribution in [2.45, 2.75) is 44.4 Å². The molecule has 0 saturated heterocycles. The molecule has 1 aliphatic carbocycles. The number of rotatable bonds is 8.